The van der Waals surface area contributed by atoms with E-state index in [4.69, 9.17) is 11.8 Å². The van der Waals surface area contributed by atoms with Crippen molar-refractivity contribution in [3.8, 4) is 6.07 Å². The normalized spacial score (nSPS) is 44.4. The van der Waals surface area contributed by atoms with Gasteiger partial charge in [0.1, 0.15) is 11.9 Å². The zero-order valence-corrected chi connectivity index (χ0v) is 40.8. The summed E-state index contributed by atoms with van der Waals surface area (Å²) < 4.78 is 1.78. The number of aromatic nitrogens is 2. The highest BCUT2D eigenvalue weighted by atomic mass is 79.9. The lowest BCUT2D eigenvalue weighted by atomic mass is 9.44. The quantitative estimate of drug-likeness (QED) is 0.223. The van der Waals surface area contributed by atoms with E-state index in [2.05, 4.69) is 58.4 Å². The molecule has 2 N–H and O–H groups in total. The van der Waals surface area contributed by atoms with Gasteiger partial charge >= 0.3 is 0 Å². The first-order chi connectivity index (χ1) is 29.8. The van der Waals surface area contributed by atoms with Crippen molar-refractivity contribution >= 4 is 33.7 Å². The lowest BCUT2D eigenvalue weighted by molar-refractivity contribution is -0.151. The fourth-order valence-corrected chi connectivity index (χ4v) is 17.6. The van der Waals surface area contributed by atoms with Crippen LogP contribution < -0.4 is 0 Å². The zero-order valence-electron chi connectivity index (χ0n) is 39.3. The number of nitriles is 1. The predicted octanol–water partition coefficient (Wildman–Crippen LogP) is 13.2. The molecular weight excluding hydrogens is 887 g/mol. The number of aliphatic imine (C=N–C) groups is 1. The number of ketones is 2. The van der Waals surface area contributed by atoms with E-state index >= 15 is 0 Å². The van der Waals surface area contributed by atoms with Crippen molar-refractivity contribution < 1.29 is 19.8 Å². The summed E-state index contributed by atoms with van der Waals surface area (Å²) in [7, 11) is 0. The molecule has 0 saturated heterocycles. The minimum absolute atomic E-state index is 0. The van der Waals surface area contributed by atoms with Crippen molar-refractivity contribution in [2.75, 3.05) is 5.33 Å². The third kappa shape index (κ3) is 9.75. The SMILES string of the molecule is C.C.C.C[C@@]1(O)CC[C@@]2(C)[C@H](CC[C@@H]3[C@@H]2CC[C@]2(C)[C@@H](C(=O)CBr)CC[C@@H]32)C1.C[C@@]1(O)CC[C@@]2(C)[C@H](CC[C@@H]3[C@@H]2CC[C@]2(C)[C@@H](C(=O)Cn4cnc(C#N)c4)CC[C@@H]32)C1.[C-]#[N+]C1=CCC=N1. The van der Waals surface area contributed by atoms with Crippen LogP contribution in [0, 0.1) is 98.7 Å². The molecule has 0 aromatic carbocycles. The van der Waals surface area contributed by atoms with Gasteiger partial charge in [-0.2, -0.15) is 5.26 Å². The third-order valence-corrected chi connectivity index (χ3v) is 21.2. The number of fused-ring (bicyclic) bond motifs is 10. The smallest absolute Gasteiger partial charge is 0.265 e. The lowest BCUT2D eigenvalue weighted by Crippen LogP contribution is -2.55. The molecule has 0 bridgehead atoms. The van der Waals surface area contributed by atoms with Crippen LogP contribution in [0.1, 0.15) is 192 Å². The molecule has 9 aliphatic rings. The fraction of sp³-hybridized carbons (Fsp3) is 0.821. The van der Waals surface area contributed by atoms with Crippen LogP contribution in [0.15, 0.2) is 29.4 Å². The van der Waals surface area contributed by atoms with Gasteiger partial charge in [0.25, 0.3) is 5.82 Å². The van der Waals surface area contributed by atoms with Crippen LogP contribution in [0.25, 0.3) is 4.85 Å². The van der Waals surface area contributed by atoms with E-state index in [9.17, 15) is 19.8 Å². The van der Waals surface area contributed by atoms with Crippen LogP contribution in [0.5, 0.6) is 0 Å². The topological polar surface area (TPSA) is 133 Å². The molecule has 16 atom stereocenters. The molecular formula is C56H88BrN5O4. The molecule has 8 fully saturated rings. The van der Waals surface area contributed by atoms with Gasteiger partial charge in [-0.3, -0.25) is 9.59 Å². The van der Waals surface area contributed by atoms with E-state index in [1.54, 1.807) is 29.4 Å². The van der Waals surface area contributed by atoms with Crippen molar-refractivity contribution in [1.29, 1.82) is 5.26 Å². The summed E-state index contributed by atoms with van der Waals surface area (Å²) in [5.41, 5.74) is 0.587. The van der Waals surface area contributed by atoms with Crippen molar-refractivity contribution in [2.24, 2.45) is 85.8 Å². The van der Waals surface area contributed by atoms with Crippen LogP contribution in [-0.4, -0.2) is 54.1 Å². The Kier molecular flexibility index (Phi) is 16.7. The molecule has 8 aliphatic carbocycles. The minimum atomic E-state index is -0.482. The first-order valence-electron chi connectivity index (χ1n) is 24.9. The summed E-state index contributed by atoms with van der Waals surface area (Å²) in [4.78, 5) is 36.7. The van der Waals surface area contributed by atoms with Crippen molar-refractivity contribution in [3.05, 3.63) is 41.5 Å². The number of carbonyl (C=O) groups is 2. The number of Topliss-reactive ketones (excluding diaryl/α,β-unsaturated/α-hetero) is 2. The number of nitrogens with zero attached hydrogens (tertiary/aromatic N) is 5. The number of halogens is 1. The van der Waals surface area contributed by atoms with E-state index in [0.717, 1.165) is 87.4 Å². The standard InChI is InChI=1S/C26H37N3O2.C22H35BrO2.C5H4N2.3CH4/c1-24(31)10-11-25(2)17(12-24)4-5-19-20-6-7-22(26(20,3)9-8-21(19)25)23(30)15-29-14-18(13-27)28-16-29;1-20(25)10-11-21(2)14(12-20)4-5-15-16-6-7-18(19(24)13-23)22(16,3)9-8-17(15)21;1-6-5-3-2-4-7-5;;;/h14,16-17,19-22,31H,4-12,15H2,1-3H3;14-18,25H,4-13H2,1-3H3;3-4H,2H2;3*1H4/t17-,19+,20+,21+,22-,24-,25+,26+;14-,15+,16+,17+,18-,20-,21+,22+;;;;/m11..../s1. The van der Waals surface area contributed by atoms with Gasteiger partial charge in [-0.25, -0.2) is 4.98 Å². The maximum absolute atomic E-state index is 13.3. The number of hydrogen-bond acceptors (Lipinski definition) is 7. The molecule has 10 rings (SSSR count). The Morgan fingerprint density at radius 2 is 1.21 bits per heavy atom. The summed E-state index contributed by atoms with van der Waals surface area (Å²) in [6, 6.07) is 2.05. The molecule has 2 heterocycles. The van der Waals surface area contributed by atoms with Crippen LogP contribution in [-0.2, 0) is 16.1 Å². The molecule has 9 nitrogen and oxygen atoms in total. The van der Waals surface area contributed by atoms with Gasteiger partial charge in [0, 0.05) is 24.5 Å². The molecule has 1 aliphatic heterocycles. The summed E-state index contributed by atoms with van der Waals surface area (Å²) >= 11 is 3.43. The maximum atomic E-state index is 13.3. The molecule has 0 radical (unpaired) electrons. The number of aliphatic hydroxyl groups is 2. The van der Waals surface area contributed by atoms with E-state index in [-0.39, 0.29) is 44.9 Å². The Labute approximate surface area is 408 Å². The Balaban J connectivity index is 0.000000210. The summed E-state index contributed by atoms with van der Waals surface area (Å²) in [6.07, 6.45) is 28.5. The molecule has 1 aromatic rings. The first-order valence-corrected chi connectivity index (χ1v) is 26.0. The van der Waals surface area contributed by atoms with Gasteiger partial charge in [-0.1, -0.05) is 78.6 Å². The number of hydrogen-bond donors (Lipinski definition) is 2. The van der Waals surface area contributed by atoms with Gasteiger partial charge in [-0.15, -0.1) is 4.99 Å². The van der Waals surface area contributed by atoms with Gasteiger partial charge < -0.3 is 19.6 Å². The number of alkyl halides is 1. The van der Waals surface area contributed by atoms with Crippen LogP contribution >= 0.6 is 15.9 Å². The number of imidazole rings is 1. The van der Waals surface area contributed by atoms with Gasteiger partial charge in [0.15, 0.2) is 11.5 Å². The molecule has 66 heavy (non-hydrogen) atoms. The number of allylic oxidation sites excluding steroid dienone is 1. The van der Waals surface area contributed by atoms with Crippen LogP contribution in [0.3, 0.4) is 0 Å². The second kappa shape index (κ2) is 20.4. The van der Waals surface area contributed by atoms with Gasteiger partial charge in [-0.05, 0) is 198 Å². The average Bonchev–Trinajstić information content (AvgIpc) is 4.07. The monoisotopic (exact) mass is 974 g/mol. The second-order valence-corrected chi connectivity index (χ2v) is 24.5. The highest BCUT2D eigenvalue weighted by molar-refractivity contribution is 9.09. The van der Waals surface area contributed by atoms with Crippen molar-refractivity contribution in [2.45, 2.75) is 204 Å². The molecule has 10 heteroatoms. The second-order valence-electron chi connectivity index (χ2n) is 23.9. The van der Waals surface area contributed by atoms with Crippen LogP contribution in [0.2, 0.25) is 0 Å². The zero-order chi connectivity index (χ0) is 45.2. The van der Waals surface area contributed by atoms with Gasteiger partial charge in [0.05, 0.1) is 35.6 Å². The van der Waals surface area contributed by atoms with Crippen molar-refractivity contribution in [3.63, 3.8) is 0 Å². The lowest BCUT2D eigenvalue weighted by Gasteiger charge is -2.61. The Hall–Kier alpha value is -2.66. The molecule has 368 valence electrons. The third-order valence-electron chi connectivity index (χ3n) is 20.6. The molecule has 0 unspecified atom stereocenters. The molecule has 1 aromatic heterocycles. The largest absolute Gasteiger partial charge is 0.390 e. The molecule has 8 saturated carbocycles. The molecule has 0 amide bonds. The van der Waals surface area contributed by atoms with E-state index in [1.807, 2.05) is 19.9 Å². The molecule has 0 spiro atoms. The Morgan fingerprint density at radius 1 is 0.727 bits per heavy atom. The Morgan fingerprint density at radius 3 is 1.62 bits per heavy atom. The first kappa shape index (κ1) is 54.3. The highest BCUT2D eigenvalue weighted by Crippen LogP contribution is 2.70. The number of rotatable bonds is 5. The van der Waals surface area contributed by atoms with E-state index in [1.165, 1.54) is 64.2 Å². The van der Waals surface area contributed by atoms with Gasteiger partial charge in [0.2, 0.25) is 0 Å². The Bertz CT molecular complexity index is 2040. The summed E-state index contributed by atoms with van der Waals surface area (Å²) in [6.45, 7) is 20.8. The average molecular weight is 975 g/mol. The summed E-state index contributed by atoms with van der Waals surface area (Å²) in [5, 5.41) is 30.8. The predicted molar refractivity (Wildman–Crippen MR) is 270 cm³/mol. The van der Waals surface area contributed by atoms with Crippen LogP contribution in [0.4, 0.5) is 0 Å². The maximum Gasteiger partial charge on any atom is 0.265 e. The van der Waals surface area contributed by atoms with E-state index < -0.39 is 11.2 Å². The fourth-order valence-electron chi connectivity index (χ4n) is 17.2. The summed E-state index contributed by atoms with van der Waals surface area (Å²) in [5.74, 6) is 7.57. The van der Waals surface area contributed by atoms with E-state index in [0.29, 0.717) is 63.5 Å². The minimum Gasteiger partial charge on any atom is -0.390 e. The number of carbonyl (C=O) groups excluding carboxylic acids is 2. The van der Waals surface area contributed by atoms with Crippen molar-refractivity contribution in [1.82, 2.24) is 9.55 Å². The highest BCUT2D eigenvalue weighted by Gasteiger charge is 2.63.